The Morgan fingerprint density at radius 1 is 1.27 bits per heavy atom. The number of fused-ring (bicyclic) bond motifs is 1. The minimum absolute atomic E-state index is 0.0406. The molecule has 2 aromatic rings. The third-order valence-electron chi connectivity index (χ3n) is 4.02. The number of alkyl halides is 3. The van der Waals surface area contributed by atoms with Gasteiger partial charge in [-0.1, -0.05) is 12.1 Å². The van der Waals surface area contributed by atoms with Crippen LogP contribution in [0.15, 0.2) is 41.7 Å². The highest BCUT2D eigenvalue weighted by molar-refractivity contribution is 5.94. The number of carbonyl (C=O) groups excluding carboxylic acids is 1. The van der Waals surface area contributed by atoms with Crippen molar-refractivity contribution in [2.75, 3.05) is 19.0 Å². The molecule has 0 saturated heterocycles. The van der Waals surface area contributed by atoms with Gasteiger partial charge in [-0.25, -0.2) is 4.79 Å². The highest BCUT2D eigenvalue weighted by atomic mass is 19.4. The zero-order valence-corrected chi connectivity index (χ0v) is 14.0. The number of nitrogens with zero attached hydrogens (tertiary/aromatic N) is 1. The second kappa shape index (κ2) is 6.74. The Bertz CT molecular complexity index is 841. The molecule has 2 N–H and O–H groups in total. The number of allylic oxidation sites excluding steroid dienone is 1. The number of ether oxygens (including phenoxy) is 2. The van der Waals surface area contributed by atoms with E-state index in [0.717, 1.165) is 0 Å². The van der Waals surface area contributed by atoms with Crippen LogP contribution >= 0.6 is 0 Å². The minimum Gasteiger partial charge on any atom is -0.497 e. The molecule has 1 unspecified atom stereocenters. The van der Waals surface area contributed by atoms with Crippen molar-refractivity contribution >= 4 is 11.8 Å². The Labute approximate surface area is 147 Å². The van der Waals surface area contributed by atoms with Crippen LogP contribution < -0.4 is 10.1 Å². The Kier molecular flexibility index (Phi) is 4.62. The van der Waals surface area contributed by atoms with Gasteiger partial charge in [0.2, 0.25) is 0 Å². The van der Waals surface area contributed by atoms with E-state index >= 15 is 0 Å². The number of hydrogen-bond donors (Lipinski definition) is 2. The van der Waals surface area contributed by atoms with Gasteiger partial charge in [0.05, 0.1) is 25.5 Å². The second-order valence-corrected chi connectivity index (χ2v) is 5.54. The molecule has 0 radical (unpaired) electrons. The largest absolute Gasteiger partial charge is 0.497 e. The molecule has 1 aromatic heterocycles. The molecule has 26 heavy (non-hydrogen) atoms. The van der Waals surface area contributed by atoms with Crippen LogP contribution in [0.4, 0.5) is 19.0 Å². The maximum Gasteiger partial charge on any atom is 0.431 e. The number of rotatable bonds is 4. The zero-order chi connectivity index (χ0) is 18.9. The van der Waals surface area contributed by atoms with Crippen molar-refractivity contribution in [3.05, 3.63) is 52.9 Å². The van der Waals surface area contributed by atoms with Crippen LogP contribution in [0.25, 0.3) is 0 Å². The van der Waals surface area contributed by atoms with Gasteiger partial charge < -0.3 is 14.8 Å². The average molecular weight is 367 g/mol. The van der Waals surface area contributed by atoms with E-state index in [1.807, 2.05) is 0 Å². The first-order valence-corrected chi connectivity index (χ1v) is 7.79. The van der Waals surface area contributed by atoms with Crippen molar-refractivity contribution in [1.82, 2.24) is 10.2 Å². The van der Waals surface area contributed by atoms with Crippen LogP contribution in [0, 0.1) is 0 Å². The lowest BCUT2D eigenvalue weighted by Gasteiger charge is -2.29. The summed E-state index contributed by atoms with van der Waals surface area (Å²) >= 11 is 0. The maximum absolute atomic E-state index is 13.6. The molecule has 2 heterocycles. The summed E-state index contributed by atoms with van der Waals surface area (Å²) in [5, 5.41) is 8.55. The van der Waals surface area contributed by atoms with E-state index in [1.165, 1.54) is 20.2 Å². The predicted molar refractivity (Wildman–Crippen MR) is 86.8 cm³/mol. The van der Waals surface area contributed by atoms with E-state index in [4.69, 9.17) is 9.47 Å². The lowest BCUT2D eigenvalue weighted by molar-refractivity contribution is -0.140. The van der Waals surface area contributed by atoms with Crippen molar-refractivity contribution < 1.29 is 27.4 Å². The number of hydrogen-bond acceptors (Lipinski definition) is 5. The van der Waals surface area contributed by atoms with E-state index in [1.54, 1.807) is 24.3 Å². The van der Waals surface area contributed by atoms with Gasteiger partial charge >= 0.3 is 12.1 Å². The molecule has 3 rings (SSSR count). The van der Waals surface area contributed by atoms with Gasteiger partial charge in [0.15, 0.2) is 0 Å². The summed E-state index contributed by atoms with van der Waals surface area (Å²) in [6, 6.07) is 6.46. The molecule has 1 aliphatic heterocycles. The first kappa shape index (κ1) is 17.8. The second-order valence-electron chi connectivity index (χ2n) is 5.54. The van der Waals surface area contributed by atoms with Crippen LogP contribution in [0.5, 0.6) is 5.75 Å². The topological polar surface area (TPSA) is 76.2 Å². The molecule has 0 fully saturated rings. The van der Waals surface area contributed by atoms with Gasteiger partial charge in [-0.3, -0.25) is 5.10 Å². The molecular formula is C17H16F3N3O3. The molecule has 0 aliphatic carbocycles. The summed E-state index contributed by atoms with van der Waals surface area (Å²) in [5.74, 6) is -1.37. The summed E-state index contributed by atoms with van der Waals surface area (Å²) in [6.07, 6.45) is -3.38. The lowest BCUT2D eigenvalue weighted by Crippen LogP contribution is -2.32. The molecule has 6 nitrogen and oxygen atoms in total. The van der Waals surface area contributed by atoms with Gasteiger partial charge in [0, 0.05) is 11.5 Å². The van der Waals surface area contributed by atoms with E-state index in [0.29, 0.717) is 16.9 Å². The van der Waals surface area contributed by atoms with Crippen LogP contribution in [0.3, 0.4) is 0 Å². The van der Waals surface area contributed by atoms with E-state index in [-0.39, 0.29) is 12.4 Å². The number of nitrogens with one attached hydrogen (secondary N) is 2. The normalized spacial score (nSPS) is 16.7. The van der Waals surface area contributed by atoms with E-state index in [9.17, 15) is 18.0 Å². The molecule has 1 aliphatic rings. The number of aromatic nitrogens is 2. The fraction of sp³-hybridized carbons (Fsp3) is 0.294. The van der Waals surface area contributed by atoms with Gasteiger partial charge in [-0.2, -0.15) is 18.3 Å². The fourth-order valence-electron chi connectivity index (χ4n) is 2.90. The molecule has 0 bridgehead atoms. The molecule has 0 saturated carbocycles. The SMILES string of the molecule is CCOC(=O)C1=C(C(F)(F)F)Nc2[nH]ncc2C1c1ccc(OC)cc1. The number of esters is 1. The first-order chi connectivity index (χ1) is 12.4. The van der Waals surface area contributed by atoms with Gasteiger partial charge in [0.1, 0.15) is 17.3 Å². The van der Waals surface area contributed by atoms with Crippen molar-refractivity contribution in [2.45, 2.75) is 19.0 Å². The third-order valence-corrected chi connectivity index (χ3v) is 4.02. The number of aromatic amines is 1. The Morgan fingerprint density at radius 3 is 2.54 bits per heavy atom. The monoisotopic (exact) mass is 367 g/mol. The lowest BCUT2D eigenvalue weighted by atomic mass is 9.82. The highest BCUT2D eigenvalue weighted by Crippen LogP contribution is 2.45. The molecule has 9 heteroatoms. The molecular weight excluding hydrogens is 351 g/mol. The van der Waals surface area contributed by atoms with Gasteiger partial charge in [-0.15, -0.1) is 0 Å². The third kappa shape index (κ3) is 3.12. The number of carbonyl (C=O) groups is 1. The van der Waals surface area contributed by atoms with Crippen molar-refractivity contribution in [1.29, 1.82) is 0 Å². The Hall–Kier alpha value is -2.97. The van der Waals surface area contributed by atoms with Crippen LogP contribution in [-0.4, -0.2) is 36.1 Å². The van der Waals surface area contributed by atoms with E-state index < -0.39 is 29.3 Å². The number of H-pyrrole nitrogens is 1. The maximum atomic E-state index is 13.6. The van der Waals surface area contributed by atoms with E-state index in [2.05, 4.69) is 15.5 Å². The summed E-state index contributed by atoms with van der Waals surface area (Å²) in [4.78, 5) is 12.4. The highest BCUT2D eigenvalue weighted by Gasteiger charge is 2.46. The number of benzene rings is 1. The Morgan fingerprint density at radius 2 is 1.96 bits per heavy atom. The van der Waals surface area contributed by atoms with Crippen LogP contribution in [0.2, 0.25) is 0 Å². The number of anilines is 1. The summed E-state index contributed by atoms with van der Waals surface area (Å²) in [7, 11) is 1.49. The quantitative estimate of drug-likeness (QED) is 0.811. The van der Waals surface area contributed by atoms with Crippen molar-refractivity contribution in [3.63, 3.8) is 0 Å². The standard InChI is InChI=1S/C17H16F3N3O3/c1-3-26-16(24)13-12(9-4-6-10(25-2)7-5-9)11-8-21-23-15(11)22-14(13)17(18,19)20/h4-8,12H,3H2,1-2H3,(H2,21,22,23). The first-order valence-electron chi connectivity index (χ1n) is 7.79. The van der Waals surface area contributed by atoms with Crippen LogP contribution in [0.1, 0.15) is 24.0 Å². The molecule has 1 aromatic carbocycles. The summed E-state index contributed by atoms with van der Waals surface area (Å²) in [6.45, 7) is 1.49. The average Bonchev–Trinajstić information content (AvgIpc) is 3.08. The number of methoxy groups -OCH3 is 1. The Balaban J connectivity index is 2.21. The zero-order valence-electron chi connectivity index (χ0n) is 14.0. The smallest absolute Gasteiger partial charge is 0.431 e. The van der Waals surface area contributed by atoms with Crippen LogP contribution in [-0.2, 0) is 9.53 Å². The predicted octanol–water partition coefficient (Wildman–Crippen LogP) is 3.36. The van der Waals surface area contributed by atoms with Crippen molar-refractivity contribution in [3.8, 4) is 5.75 Å². The molecule has 0 amide bonds. The number of halogens is 3. The van der Waals surface area contributed by atoms with Gasteiger partial charge in [-0.05, 0) is 24.6 Å². The van der Waals surface area contributed by atoms with Crippen molar-refractivity contribution in [2.24, 2.45) is 0 Å². The molecule has 1 atom stereocenters. The molecule has 0 spiro atoms. The summed E-state index contributed by atoms with van der Waals surface area (Å²) < 4.78 is 50.8. The minimum atomic E-state index is -4.77. The summed E-state index contributed by atoms with van der Waals surface area (Å²) in [5.41, 5.74) is -0.752. The molecule has 138 valence electrons. The van der Waals surface area contributed by atoms with Gasteiger partial charge in [0.25, 0.3) is 0 Å². The fourth-order valence-corrected chi connectivity index (χ4v) is 2.90.